The lowest BCUT2D eigenvalue weighted by molar-refractivity contribution is 1.41. The van der Waals surface area contributed by atoms with Gasteiger partial charge in [-0.25, -0.2) is 0 Å². The van der Waals surface area contributed by atoms with Crippen LogP contribution in [0.15, 0.2) is 23.8 Å². The summed E-state index contributed by atoms with van der Waals surface area (Å²) in [6.45, 7) is 7.46. The zero-order valence-electron chi connectivity index (χ0n) is 6.37. The molecule has 0 bridgehead atoms. The summed E-state index contributed by atoms with van der Waals surface area (Å²) in [5.41, 5.74) is 1.95. The highest BCUT2D eigenvalue weighted by atomic mass is 35.5. The molecule has 0 fully saturated rings. The number of rotatable bonds is 1. The lowest BCUT2D eigenvalue weighted by atomic mass is 10.3. The van der Waals surface area contributed by atoms with Crippen molar-refractivity contribution < 1.29 is 0 Å². The van der Waals surface area contributed by atoms with Crippen molar-refractivity contribution in [3.8, 4) is 11.8 Å². The molecule has 0 aliphatic rings. The normalized spacial score (nSPS) is 10.1. The van der Waals surface area contributed by atoms with Crippen molar-refractivity contribution in [1.29, 1.82) is 0 Å². The van der Waals surface area contributed by atoms with Gasteiger partial charge in [0.25, 0.3) is 0 Å². The Morgan fingerprint density at radius 2 is 2.20 bits per heavy atom. The molecule has 0 aliphatic heterocycles. The summed E-state index contributed by atoms with van der Waals surface area (Å²) >= 11 is 5.51. The third kappa shape index (κ3) is 5.47. The SMILES string of the molecule is C=C(C)C#CC=C(C)CCl. The van der Waals surface area contributed by atoms with Gasteiger partial charge in [0.1, 0.15) is 0 Å². The van der Waals surface area contributed by atoms with Crippen molar-refractivity contribution in [2.24, 2.45) is 0 Å². The van der Waals surface area contributed by atoms with Gasteiger partial charge in [-0.15, -0.1) is 11.6 Å². The Labute approximate surface area is 67.6 Å². The standard InChI is InChI=1S/C9H11Cl/c1-8(2)5-4-6-9(3)7-10/h6H,1,7H2,2-3H3. The first-order valence-corrected chi connectivity index (χ1v) is 3.59. The Kier molecular flexibility index (Phi) is 4.80. The third-order valence-electron chi connectivity index (χ3n) is 0.815. The molecule has 10 heavy (non-hydrogen) atoms. The van der Waals surface area contributed by atoms with E-state index in [-0.39, 0.29) is 0 Å². The minimum atomic E-state index is 0.546. The summed E-state index contributed by atoms with van der Waals surface area (Å²) in [5, 5.41) is 0. The van der Waals surface area contributed by atoms with E-state index < -0.39 is 0 Å². The fraction of sp³-hybridized carbons (Fsp3) is 0.333. The smallest absolute Gasteiger partial charge is 0.0440 e. The summed E-state index contributed by atoms with van der Waals surface area (Å²) in [6, 6.07) is 0. The van der Waals surface area contributed by atoms with E-state index in [1.165, 1.54) is 0 Å². The fourth-order valence-electron chi connectivity index (χ4n) is 0.321. The molecule has 0 aromatic heterocycles. The minimum Gasteiger partial charge on any atom is -0.122 e. The van der Waals surface area contributed by atoms with Gasteiger partial charge in [0.15, 0.2) is 0 Å². The van der Waals surface area contributed by atoms with Crippen LogP contribution < -0.4 is 0 Å². The minimum absolute atomic E-state index is 0.546. The molecule has 0 aliphatic carbocycles. The maximum absolute atomic E-state index is 5.51. The van der Waals surface area contributed by atoms with Crippen molar-refractivity contribution in [1.82, 2.24) is 0 Å². The van der Waals surface area contributed by atoms with Crippen LogP contribution >= 0.6 is 11.6 Å². The molecule has 0 nitrogen and oxygen atoms in total. The second-order valence-corrected chi connectivity index (χ2v) is 2.44. The quantitative estimate of drug-likeness (QED) is 0.403. The zero-order chi connectivity index (χ0) is 7.98. The molecule has 0 atom stereocenters. The third-order valence-corrected chi connectivity index (χ3v) is 1.24. The second-order valence-electron chi connectivity index (χ2n) is 2.17. The highest BCUT2D eigenvalue weighted by molar-refractivity contribution is 6.19. The summed E-state index contributed by atoms with van der Waals surface area (Å²) in [5.74, 6) is 6.22. The van der Waals surface area contributed by atoms with Crippen LogP contribution in [0.25, 0.3) is 0 Å². The van der Waals surface area contributed by atoms with Gasteiger partial charge in [-0.1, -0.05) is 24.0 Å². The van der Waals surface area contributed by atoms with E-state index in [4.69, 9.17) is 11.6 Å². The molecule has 0 N–H and O–H groups in total. The number of hydrogen-bond donors (Lipinski definition) is 0. The van der Waals surface area contributed by atoms with E-state index in [1.54, 1.807) is 0 Å². The average Bonchev–Trinajstić information content (AvgIpc) is 1.87. The predicted octanol–water partition coefficient (Wildman–Crippen LogP) is 2.75. The van der Waals surface area contributed by atoms with Gasteiger partial charge < -0.3 is 0 Å². The lowest BCUT2D eigenvalue weighted by Gasteiger charge is -1.84. The Hall–Kier alpha value is -0.670. The van der Waals surface area contributed by atoms with Crippen LogP contribution in [0, 0.1) is 11.8 Å². The van der Waals surface area contributed by atoms with Crippen molar-refractivity contribution in [3.63, 3.8) is 0 Å². The molecule has 0 aromatic rings. The van der Waals surface area contributed by atoms with E-state index in [9.17, 15) is 0 Å². The monoisotopic (exact) mass is 154 g/mol. The van der Waals surface area contributed by atoms with E-state index in [2.05, 4.69) is 18.4 Å². The molecule has 0 spiro atoms. The molecule has 1 heteroatoms. The van der Waals surface area contributed by atoms with Crippen molar-refractivity contribution in [2.45, 2.75) is 13.8 Å². The van der Waals surface area contributed by atoms with Gasteiger partial charge in [-0.2, -0.15) is 0 Å². The van der Waals surface area contributed by atoms with Gasteiger partial charge in [0.05, 0.1) is 0 Å². The van der Waals surface area contributed by atoms with Crippen molar-refractivity contribution in [2.75, 3.05) is 5.88 Å². The number of allylic oxidation sites excluding steroid dienone is 3. The van der Waals surface area contributed by atoms with Crippen LogP contribution in [-0.4, -0.2) is 5.88 Å². The molecule has 0 saturated carbocycles. The molecular formula is C9H11Cl. The predicted molar refractivity (Wildman–Crippen MR) is 47.1 cm³/mol. The van der Waals surface area contributed by atoms with Crippen LogP contribution in [0.5, 0.6) is 0 Å². The van der Waals surface area contributed by atoms with Gasteiger partial charge in [0, 0.05) is 5.88 Å². The van der Waals surface area contributed by atoms with Crippen LogP contribution in [0.1, 0.15) is 13.8 Å². The highest BCUT2D eigenvalue weighted by Gasteiger charge is 1.78. The molecule has 0 amide bonds. The molecule has 0 radical (unpaired) electrons. The molecule has 54 valence electrons. The van der Waals surface area contributed by atoms with E-state index in [0.29, 0.717) is 5.88 Å². The van der Waals surface area contributed by atoms with Crippen molar-refractivity contribution >= 4 is 11.6 Å². The Morgan fingerprint density at radius 1 is 1.60 bits per heavy atom. The van der Waals surface area contributed by atoms with Gasteiger partial charge in [-0.3, -0.25) is 0 Å². The Balaban J connectivity index is 3.97. The molecule has 0 rings (SSSR count). The maximum Gasteiger partial charge on any atom is 0.0440 e. The highest BCUT2D eigenvalue weighted by Crippen LogP contribution is 1.93. The zero-order valence-corrected chi connectivity index (χ0v) is 7.13. The summed E-state index contributed by atoms with van der Waals surface area (Å²) in [7, 11) is 0. The number of alkyl halides is 1. The first kappa shape index (κ1) is 9.33. The van der Waals surface area contributed by atoms with Gasteiger partial charge in [-0.05, 0) is 25.5 Å². The summed E-state index contributed by atoms with van der Waals surface area (Å²) < 4.78 is 0. The number of halogens is 1. The molecule has 0 aromatic carbocycles. The lowest BCUT2D eigenvalue weighted by Crippen LogP contribution is -1.73. The van der Waals surface area contributed by atoms with Crippen LogP contribution in [0.3, 0.4) is 0 Å². The first-order valence-electron chi connectivity index (χ1n) is 3.05. The van der Waals surface area contributed by atoms with E-state index >= 15 is 0 Å². The van der Waals surface area contributed by atoms with Crippen LogP contribution in [0.2, 0.25) is 0 Å². The second kappa shape index (κ2) is 5.14. The topological polar surface area (TPSA) is 0 Å². The summed E-state index contributed by atoms with van der Waals surface area (Å²) in [6.07, 6.45) is 1.81. The number of hydrogen-bond acceptors (Lipinski definition) is 0. The van der Waals surface area contributed by atoms with Gasteiger partial charge >= 0.3 is 0 Å². The maximum atomic E-state index is 5.51. The average molecular weight is 155 g/mol. The molecule has 0 unspecified atom stereocenters. The van der Waals surface area contributed by atoms with Crippen molar-refractivity contribution in [3.05, 3.63) is 23.8 Å². The Morgan fingerprint density at radius 3 is 2.60 bits per heavy atom. The summed E-state index contributed by atoms with van der Waals surface area (Å²) in [4.78, 5) is 0. The largest absolute Gasteiger partial charge is 0.122 e. The molecular weight excluding hydrogens is 144 g/mol. The Bertz CT molecular complexity index is 201. The van der Waals surface area contributed by atoms with Gasteiger partial charge in [0.2, 0.25) is 0 Å². The molecule has 0 saturated heterocycles. The van der Waals surface area contributed by atoms with E-state index in [1.807, 2.05) is 19.9 Å². The first-order chi connectivity index (χ1) is 4.66. The van der Waals surface area contributed by atoms with Crippen LogP contribution in [0.4, 0.5) is 0 Å². The van der Waals surface area contributed by atoms with Crippen LogP contribution in [-0.2, 0) is 0 Å². The van der Waals surface area contributed by atoms with E-state index in [0.717, 1.165) is 11.1 Å². The molecule has 0 heterocycles. The fourth-order valence-corrected chi connectivity index (χ4v) is 0.398.